The van der Waals surface area contributed by atoms with Crippen molar-refractivity contribution in [2.45, 2.75) is 24.3 Å². The molecule has 2 aromatic carbocycles. The van der Waals surface area contributed by atoms with Crippen LogP contribution in [0.15, 0.2) is 66.9 Å². The van der Waals surface area contributed by atoms with E-state index < -0.39 is 0 Å². The number of rotatable bonds is 5. The van der Waals surface area contributed by atoms with Gasteiger partial charge in [0.1, 0.15) is 18.0 Å². The van der Waals surface area contributed by atoms with Gasteiger partial charge in [-0.2, -0.15) is 0 Å². The zero-order valence-corrected chi connectivity index (χ0v) is 16.6. The summed E-state index contributed by atoms with van der Waals surface area (Å²) >= 11 is 0. The Hall–Kier alpha value is -3.36. The molecule has 0 aliphatic carbocycles. The smallest absolute Gasteiger partial charge is 0.251 e. The van der Waals surface area contributed by atoms with Crippen molar-refractivity contribution in [3.63, 3.8) is 0 Å². The average molecular weight is 420 g/mol. The number of anilines is 1. The fraction of sp³-hybridized carbons (Fsp3) is 0.261. The van der Waals surface area contributed by atoms with Crippen LogP contribution in [0.1, 0.15) is 10.4 Å². The summed E-state index contributed by atoms with van der Waals surface area (Å²) in [6, 6.07) is 16.7. The molecule has 158 valence electrons. The molecule has 0 radical (unpaired) electrons. The molecule has 3 heterocycles. The number of nitrogens with zero attached hydrogens (tertiary/aromatic N) is 2. The molecule has 0 saturated carbocycles. The number of hydrogen-bond donors (Lipinski definition) is 2. The maximum Gasteiger partial charge on any atom is 0.251 e. The second-order valence-electron chi connectivity index (χ2n) is 7.57. The monoisotopic (exact) mass is 420 g/mol. The molecule has 0 spiro atoms. The molecule has 7 nitrogen and oxygen atoms in total. The number of benzene rings is 2. The second kappa shape index (κ2) is 8.41. The SMILES string of the molecule is O=C(N[C@H]1CO[C@H]2[C@@H]1OC[C@@H]2Nc1nccc(-c2cccc(F)c2)n1)c1ccccc1. The first-order valence-corrected chi connectivity index (χ1v) is 10.1. The first kappa shape index (κ1) is 19.6. The molecule has 3 aromatic rings. The number of carbonyl (C=O) groups is 1. The molecular weight excluding hydrogens is 399 g/mol. The number of aromatic nitrogens is 2. The average Bonchev–Trinajstić information content (AvgIpc) is 3.38. The number of carbonyl (C=O) groups excluding carboxylic acids is 1. The van der Waals surface area contributed by atoms with Crippen molar-refractivity contribution in [2.75, 3.05) is 18.5 Å². The topological polar surface area (TPSA) is 85.4 Å². The lowest BCUT2D eigenvalue weighted by Gasteiger charge is -2.18. The summed E-state index contributed by atoms with van der Waals surface area (Å²) in [5.74, 6) is -0.0574. The van der Waals surface area contributed by atoms with E-state index in [0.29, 0.717) is 36.0 Å². The van der Waals surface area contributed by atoms with E-state index in [1.165, 1.54) is 12.1 Å². The normalized spacial score (nSPS) is 24.5. The van der Waals surface area contributed by atoms with Gasteiger partial charge in [0.15, 0.2) is 0 Å². The summed E-state index contributed by atoms with van der Waals surface area (Å²) in [5.41, 5.74) is 1.89. The quantitative estimate of drug-likeness (QED) is 0.660. The molecule has 1 amide bonds. The first-order valence-electron chi connectivity index (χ1n) is 10.1. The van der Waals surface area contributed by atoms with Gasteiger partial charge >= 0.3 is 0 Å². The highest BCUT2D eigenvalue weighted by Gasteiger charge is 2.48. The van der Waals surface area contributed by atoms with Crippen molar-refractivity contribution in [1.82, 2.24) is 15.3 Å². The van der Waals surface area contributed by atoms with Crippen molar-refractivity contribution in [1.29, 1.82) is 0 Å². The van der Waals surface area contributed by atoms with Crippen molar-refractivity contribution >= 4 is 11.9 Å². The van der Waals surface area contributed by atoms with Gasteiger partial charge in [0.2, 0.25) is 5.95 Å². The minimum absolute atomic E-state index is 0.152. The van der Waals surface area contributed by atoms with Gasteiger partial charge in [0.25, 0.3) is 5.91 Å². The van der Waals surface area contributed by atoms with Gasteiger partial charge in [0.05, 0.1) is 31.0 Å². The third-order valence-electron chi connectivity index (χ3n) is 5.50. The van der Waals surface area contributed by atoms with E-state index in [9.17, 15) is 9.18 Å². The van der Waals surface area contributed by atoms with Gasteiger partial charge in [-0.25, -0.2) is 14.4 Å². The van der Waals surface area contributed by atoms with Crippen LogP contribution in [-0.4, -0.2) is 53.4 Å². The van der Waals surface area contributed by atoms with Crippen LogP contribution >= 0.6 is 0 Å². The van der Waals surface area contributed by atoms with Gasteiger partial charge in [-0.3, -0.25) is 4.79 Å². The summed E-state index contributed by atoms with van der Waals surface area (Å²) in [7, 11) is 0. The van der Waals surface area contributed by atoms with Gasteiger partial charge in [0, 0.05) is 17.3 Å². The van der Waals surface area contributed by atoms with Gasteiger partial charge in [-0.05, 0) is 30.3 Å². The molecule has 1 aromatic heterocycles. The van der Waals surface area contributed by atoms with E-state index in [-0.39, 0.29) is 36.0 Å². The van der Waals surface area contributed by atoms with Crippen LogP contribution in [0, 0.1) is 5.82 Å². The Labute approximate surface area is 178 Å². The largest absolute Gasteiger partial charge is 0.371 e. The lowest BCUT2D eigenvalue weighted by atomic mass is 10.1. The highest BCUT2D eigenvalue weighted by Crippen LogP contribution is 2.29. The molecule has 0 bridgehead atoms. The van der Waals surface area contributed by atoms with Crippen LogP contribution in [0.5, 0.6) is 0 Å². The Morgan fingerprint density at radius 1 is 0.968 bits per heavy atom. The van der Waals surface area contributed by atoms with Gasteiger partial charge in [-0.1, -0.05) is 30.3 Å². The molecular formula is C23H21FN4O3. The van der Waals surface area contributed by atoms with Gasteiger partial charge in [-0.15, -0.1) is 0 Å². The highest BCUT2D eigenvalue weighted by atomic mass is 19.1. The highest BCUT2D eigenvalue weighted by molar-refractivity contribution is 5.94. The number of hydrogen-bond acceptors (Lipinski definition) is 6. The number of nitrogens with one attached hydrogen (secondary N) is 2. The summed E-state index contributed by atoms with van der Waals surface area (Å²) in [5, 5.41) is 6.27. The van der Waals surface area contributed by atoms with Crippen molar-refractivity contribution in [3.05, 3.63) is 78.2 Å². The number of amides is 1. The molecule has 8 heteroatoms. The Balaban J connectivity index is 1.25. The number of fused-ring (bicyclic) bond motifs is 1. The second-order valence-corrected chi connectivity index (χ2v) is 7.57. The van der Waals surface area contributed by atoms with E-state index >= 15 is 0 Å². The van der Waals surface area contributed by atoms with E-state index in [1.807, 2.05) is 18.2 Å². The van der Waals surface area contributed by atoms with E-state index in [0.717, 1.165) is 0 Å². The Kier molecular flexibility index (Phi) is 5.31. The maximum absolute atomic E-state index is 13.5. The maximum atomic E-state index is 13.5. The summed E-state index contributed by atoms with van der Waals surface area (Å²) in [6.45, 7) is 0.775. The van der Waals surface area contributed by atoms with Crippen LogP contribution in [0.2, 0.25) is 0 Å². The molecule has 2 aliphatic rings. The van der Waals surface area contributed by atoms with Crippen LogP contribution in [-0.2, 0) is 9.47 Å². The van der Waals surface area contributed by atoms with Crippen LogP contribution < -0.4 is 10.6 Å². The van der Waals surface area contributed by atoms with Crippen molar-refractivity contribution < 1.29 is 18.7 Å². The third kappa shape index (κ3) is 4.12. The molecule has 2 aliphatic heterocycles. The number of ether oxygens (including phenoxy) is 2. The summed E-state index contributed by atoms with van der Waals surface area (Å²) in [6.07, 6.45) is 1.14. The Morgan fingerprint density at radius 2 is 1.74 bits per heavy atom. The minimum Gasteiger partial charge on any atom is -0.371 e. The lowest BCUT2D eigenvalue weighted by molar-refractivity contribution is 0.0652. The molecule has 31 heavy (non-hydrogen) atoms. The van der Waals surface area contributed by atoms with Crippen molar-refractivity contribution in [3.8, 4) is 11.3 Å². The molecule has 0 unspecified atom stereocenters. The van der Waals surface area contributed by atoms with Gasteiger partial charge < -0.3 is 20.1 Å². The fourth-order valence-electron chi connectivity index (χ4n) is 3.99. The molecule has 4 atom stereocenters. The summed E-state index contributed by atoms with van der Waals surface area (Å²) in [4.78, 5) is 21.2. The predicted octanol–water partition coefficient (Wildman–Crippen LogP) is 2.66. The van der Waals surface area contributed by atoms with E-state index in [2.05, 4.69) is 20.6 Å². The lowest BCUT2D eigenvalue weighted by Crippen LogP contribution is -2.44. The number of halogens is 1. The minimum atomic E-state index is -0.319. The fourth-order valence-corrected chi connectivity index (χ4v) is 3.99. The molecule has 2 fully saturated rings. The Morgan fingerprint density at radius 3 is 2.55 bits per heavy atom. The molecule has 2 saturated heterocycles. The zero-order valence-electron chi connectivity index (χ0n) is 16.6. The predicted molar refractivity (Wildman–Crippen MR) is 112 cm³/mol. The van der Waals surface area contributed by atoms with Crippen LogP contribution in [0.4, 0.5) is 10.3 Å². The molecule has 2 N–H and O–H groups in total. The van der Waals surface area contributed by atoms with E-state index in [4.69, 9.17) is 9.47 Å². The van der Waals surface area contributed by atoms with Crippen LogP contribution in [0.3, 0.4) is 0 Å². The molecule has 5 rings (SSSR count). The summed E-state index contributed by atoms with van der Waals surface area (Å²) < 4.78 is 25.4. The third-order valence-corrected chi connectivity index (χ3v) is 5.50. The van der Waals surface area contributed by atoms with Crippen molar-refractivity contribution in [2.24, 2.45) is 0 Å². The van der Waals surface area contributed by atoms with E-state index in [1.54, 1.807) is 36.5 Å². The standard InChI is InChI=1S/C23H21FN4O3/c24-16-8-4-7-15(11-16)17-9-10-25-23(27-17)28-19-13-31-20-18(12-30-21(19)20)26-22(29)14-5-2-1-3-6-14/h1-11,18-21H,12-13H2,(H,26,29)(H,25,27,28)/t18-,19-,20+,21+/m0/s1. The zero-order chi connectivity index (χ0) is 21.2. The first-order chi connectivity index (χ1) is 15.2. The Bertz CT molecular complexity index is 1080. The van der Waals surface area contributed by atoms with Crippen LogP contribution in [0.25, 0.3) is 11.3 Å².